The first-order valence-corrected chi connectivity index (χ1v) is 13.7. The van der Waals surface area contributed by atoms with Crippen LogP contribution in [0, 0.1) is 17.8 Å². The molecule has 8 heteroatoms. The Morgan fingerprint density at radius 3 is 2.30 bits per heavy atom. The molecule has 0 saturated carbocycles. The van der Waals surface area contributed by atoms with Crippen molar-refractivity contribution in [3.8, 4) is 0 Å². The highest BCUT2D eigenvalue weighted by Gasteiger charge is 2.53. The number of rotatable bonds is 12. The van der Waals surface area contributed by atoms with E-state index in [0.717, 1.165) is 5.56 Å². The predicted molar refractivity (Wildman–Crippen MR) is 113 cm³/mol. The Kier molecular flexibility index (Phi) is 8.75. The van der Waals surface area contributed by atoms with Crippen LogP contribution >= 0.6 is 0 Å². The number of carbonyl (C=O) groups is 3. The van der Waals surface area contributed by atoms with Crippen molar-refractivity contribution in [3.63, 3.8) is 0 Å². The zero-order chi connectivity index (χ0) is 22.3. The summed E-state index contributed by atoms with van der Waals surface area (Å²) in [6.45, 7) is 10.6. The van der Waals surface area contributed by atoms with Crippen molar-refractivity contribution in [2.75, 3.05) is 13.4 Å². The second-order valence-electron chi connectivity index (χ2n) is 8.64. The van der Waals surface area contributed by atoms with Crippen molar-refractivity contribution < 1.29 is 33.0 Å². The monoisotopic (exact) mass is 436 g/mol. The second-order valence-corrected chi connectivity index (χ2v) is 13.2. The van der Waals surface area contributed by atoms with Crippen LogP contribution in [0.4, 0.5) is 0 Å². The van der Waals surface area contributed by atoms with Gasteiger partial charge in [-0.3, -0.25) is 14.4 Å². The molecule has 30 heavy (non-hydrogen) atoms. The van der Waals surface area contributed by atoms with E-state index in [1.54, 1.807) is 0 Å². The van der Waals surface area contributed by atoms with Gasteiger partial charge >= 0.3 is 11.9 Å². The van der Waals surface area contributed by atoms with Crippen LogP contribution in [-0.2, 0) is 33.0 Å². The van der Waals surface area contributed by atoms with Crippen molar-refractivity contribution in [1.82, 2.24) is 0 Å². The SMILES string of the molecule is CCC(c1ccccc1)C1C(=O)OC(=O)C1C(OC=O)C(C)COCO[Si](C)(C)C. The predicted octanol–water partition coefficient (Wildman–Crippen LogP) is 3.50. The third kappa shape index (κ3) is 6.23. The summed E-state index contributed by atoms with van der Waals surface area (Å²) in [5, 5.41) is 0. The van der Waals surface area contributed by atoms with E-state index in [1.807, 2.05) is 44.2 Å². The van der Waals surface area contributed by atoms with Crippen LogP contribution in [0.15, 0.2) is 30.3 Å². The van der Waals surface area contributed by atoms with Gasteiger partial charge in [-0.25, -0.2) is 0 Å². The maximum Gasteiger partial charge on any atom is 0.321 e. The van der Waals surface area contributed by atoms with E-state index < -0.39 is 38.2 Å². The van der Waals surface area contributed by atoms with Crippen LogP contribution in [0.3, 0.4) is 0 Å². The summed E-state index contributed by atoms with van der Waals surface area (Å²) in [4.78, 5) is 36.5. The van der Waals surface area contributed by atoms with Gasteiger partial charge in [0, 0.05) is 5.92 Å². The Balaban J connectivity index is 2.21. The fourth-order valence-corrected chi connectivity index (χ4v) is 4.30. The maximum absolute atomic E-state index is 12.6. The quantitative estimate of drug-likeness (QED) is 0.124. The van der Waals surface area contributed by atoms with Crippen LogP contribution in [0.5, 0.6) is 0 Å². The Bertz CT molecular complexity index is 716. The molecule has 0 amide bonds. The van der Waals surface area contributed by atoms with Crippen molar-refractivity contribution in [2.45, 2.75) is 51.9 Å². The van der Waals surface area contributed by atoms with Crippen LogP contribution in [0.25, 0.3) is 0 Å². The fraction of sp³-hybridized carbons (Fsp3) is 0.591. The fourth-order valence-electron chi connectivity index (χ4n) is 3.86. The lowest BCUT2D eigenvalue weighted by molar-refractivity contribution is -0.156. The molecule has 1 saturated heterocycles. The first-order valence-electron chi connectivity index (χ1n) is 10.3. The highest BCUT2D eigenvalue weighted by molar-refractivity contribution is 6.69. The lowest BCUT2D eigenvalue weighted by Crippen LogP contribution is -2.41. The van der Waals surface area contributed by atoms with Crippen LogP contribution < -0.4 is 0 Å². The van der Waals surface area contributed by atoms with Crippen molar-refractivity contribution in [3.05, 3.63) is 35.9 Å². The van der Waals surface area contributed by atoms with Gasteiger partial charge in [0.1, 0.15) is 18.8 Å². The van der Waals surface area contributed by atoms with Gasteiger partial charge in [-0.1, -0.05) is 44.2 Å². The first kappa shape index (κ1) is 24.2. The Morgan fingerprint density at radius 1 is 1.10 bits per heavy atom. The van der Waals surface area contributed by atoms with E-state index in [0.29, 0.717) is 12.9 Å². The number of cyclic esters (lactones) is 2. The van der Waals surface area contributed by atoms with Crippen LogP contribution in [0.1, 0.15) is 31.7 Å². The Morgan fingerprint density at radius 2 is 1.73 bits per heavy atom. The van der Waals surface area contributed by atoms with Gasteiger partial charge in [0.15, 0.2) is 8.32 Å². The standard InChI is InChI=1S/C22H32O7Si/c1-6-17(16-10-8-7-9-11-16)18-19(22(25)29-21(18)24)20(27-13-23)15(2)12-26-14-28-30(3,4)5/h7-11,13,15,17-20H,6,12,14H2,1-5H3. The molecule has 1 aliphatic rings. The van der Waals surface area contributed by atoms with E-state index in [1.165, 1.54) is 0 Å². The van der Waals surface area contributed by atoms with Gasteiger partial charge in [0.25, 0.3) is 6.47 Å². The summed E-state index contributed by atoms with van der Waals surface area (Å²) in [7, 11) is -1.72. The molecule has 5 unspecified atom stereocenters. The van der Waals surface area contributed by atoms with Crippen LogP contribution in [-0.4, -0.2) is 46.2 Å². The van der Waals surface area contributed by atoms with Crippen molar-refractivity contribution in [1.29, 1.82) is 0 Å². The summed E-state index contributed by atoms with van der Waals surface area (Å²) in [6, 6.07) is 9.54. The lowest BCUT2D eigenvalue weighted by Gasteiger charge is -2.31. The van der Waals surface area contributed by atoms with E-state index >= 15 is 0 Å². The first-order chi connectivity index (χ1) is 14.2. The van der Waals surface area contributed by atoms with Gasteiger partial charge in [-0.15, -0.1) is 0 Å². The normalized spacial score (nSPS) is 22.3. The maximum atomic E-state index is 12.6. The molecule has 0 N–H and O–H groups in total. The van der Waals surface area contributed by atoms with Gasteiger partial charge in [-0.2, -0.15) is 0 Å². The minimum Gasteiger partial charge on any atom is -0.463 e. The molecule has 0 spiro atoms. The zero-order valence-corrected chi connectivity index (χ0v) is 19.3. The molecule has 0 radical (unpaired) electrons. The smallest absolute Gasteiger partial charge is 0.321 e. The minimum absolute atomic E-state index is 0.132. The number of hydrogen-bond donors (Lipinski definition) is 0. The summed E-state index contributed by atoms with van der Waals surface area (Å²) >= 11 is 0. The second kappa shape index (κ2) is 10.8. The third-order valence-corrected chi connectivity index (χ3v) is 6.30. The molecule has 1 aromatic carbocycles. The minimum atomic E-state index is -1.72. The zero-order valence-electron chi connectivity index (χ0n) is 18.3. The molecule has 1 fully saturated rings. The summed E-state index contributed by atoms with van der Waals surface area (Å²) in [5.74, 6) is -3.40. The molecule has 1 heterocycles. The Hall–Kier alpha value is -2.03. The largest absolute Gasteiger partial charge is 0.463 e. The van der Waals surface area contributed by atoms with Gasteiger partial charge < -0.3 is 18.6 Å². The van der Waals surface area contributed by atoms with E-state index in [9.17, 15) is 14.4 Å². The molecular weight excluding hydrogens is 404 g/mol. The molecule has 2 rings (SSSR count). The molecule has 0 aromatic heterocycles. The van der Waals surface area contributed by atoms with Crippen LogP contribution in [0.2, 0.25) is 19.6 Å². The number of hydrogen-bond acceptors (Lipinski definition) is 7. The van der Waals surface area contributed by atoms with Crippen molar-refractivity contribution in [2.24, 2.45) is 17.8 Å². The number of ether oxygens (including phenoxy) is 3. The number of esters is 2. The average molecular weight is 437 g/mol. The summed E-state index contributed by atoms with van der Waals surface area (Å²) < 4.78 is 21.6. The molecule has 1 aliphatic heterocycles. The molecule has 0 aliphatic carbocycles. The molecular formula is C22H32O7Si. The number of benzene rings is 1. The van der Waals surface area contributed by atoms with Crippen molar-refractivity contribution >= 4 is 26.7 Å². The topological polar surface area (TPSA) is 88.1 Å². The molecule has 1 aromatic rings. The van der Waals surface area contributed by atoms with E-state index in [2.05, 4.69) is 19.6 Å². The highest BCUT2D eigenvalue weighted by atomic mass is 28.4. The molecule has 0 bridgehead atoms. The van der Waals surface area contributed by atoms with Gasteiger partial charge in [0.05, 0.1) is 12.5 Å². The summed E-state index contributed by atoms with van der Waals surface area (Å²) in [5.41, 5.74) is 0.943. The highest BCUT2D eigenvalue weighted by Crippen LogP contribution is 2.42. The summed E-state index contributed by atoms with van der Waals surface area (Å²) in [6.07, 6.45) is -0.202. The van der Waals surface area contributed by atoms with Gasteiger partial charge in [0.2, 0.25) is 0 Å². The molecule has 5 atom stereocenters. The molecule has 166 valence electrons. The lowest BCUT2D eigenvalue weighted by atomic mass is 9.73. The third-order valence-electron chi connectivity index (χ3n) is 5.32. The molecule has 7 nitrogen and oxygen atoms in total. The van der Waals surface area contributed by atoms with E-state index in [4.69, 9.17) is 18.6 Å². The average Bonchev–Trinajstić information content (AvgIpc) is 2.98. The Labute approximate surface area is 179 Å². The number of carbonyl (C=O) groups excluding carboxylic acids is 3. The van der Waals surface area contributed by atoms with E-state index in [-0.39, 0.29) is 25.2 Å². The van der Waals surface area contributed by atoms with Gasteiger partial charge in [-0.05, 0) is 37.5 Å².